The van der Waals surface area contributed by atoms with Crippen LogP contribution in [0.1, 0.15) is 27.7 Å². The standard InChI is InChI=1S/C16H40N2P2Si2/c1-11-17(12-2)19-15(21(5,6)7)20(18(13-3)14-4)16(19)22(8,9)10/h15-16H,11-14H2,1-10H3. The van der Waals surface area contributed by atoms with Crippen molar-refractivity contribution in [2.24, 2.45) is 0 Å². The van der Waals surface area contributed by atoms with Crippen molar-refractivity contribution >= 4 is 32.3 Å². The third-order valence-electron chi connectivity index (χ3n) is 4.66. The molecule has 0 spiro atoms. The van der Waals surface area contributed by atoms with Gasteiger partial charge in [-0.15, -0.1) is 0 Å². The first-order valence-electron chi connectivity index (χ1n) is 9.10. The molecule has 0 aromatic heterocycles. The van der Waals surface area contributed by atoms with Crippen LogP contribution in [-0.4, -0.2) is 61.7 Å². The molecule has 1 saturated heterocycles. The van der Waals surface area contributed by atoms with E-state index in [-0.39, 0.29) is 16.1 Å². The number of rotatable bonds is 8. The Bertz CT molecular complexity index is 305. The van der Waals surface area contributed by atoms with Gasteiger partial charge in [0.2, 0.25) is 0 Å². The van der Waals surface area contributed by atoms with Crippen LogP contribution >= 0.6 is 16.1 Å². The molecule has 0 amide bonds. The highest BCUT2D eigenvalue weighted by molar-refractivity contribution is 7.96. The van der Waals surface area contributed by atoms with Gasteiger partial charge in [0.25, 0.3) is 0 Å². The molecule has 0 aliphatic carbocycles. The second kappa shape index (κ2) is 8.06. The molecule has 22 heavy (non-hydrogen) atoms. The van der Waals surface area contributed by atoms with Gasteiger partial charge in [0.05, 0.1) is 16.1 Å². The van der Waals surface area contributed by atoms with Gasteiger partial charge in [0.15, 0.2) is 0 Å². The van der Waals surface area contributed by atoms with Gasteiger partial charge in [-0.05, 0) is 42.3 Å². The molecular formula is C16H40N2P2Si2. The van der Waals surface area contributed by atoms with Crippen molar-refractivity contribution in [2.75, 3.05) is 26.2 Å². The Morgan fingerprint density at radius 1 is 0.591 bits per heavy atom. The summed E-state index contributed by atoms with van der Waals surface area (Å²) in [6.07, 6.45) is 0. The Balaban J connectivity index is 3.27. The molecule has 0 saturated carbocycles. The number of hydrogen-bond acceptors (Lipinski definition) is 2. The fourth-order valence-electron chi connectivity index (χ4n) is 3.75. The Hall–Kier alpha value is 1.21. The van der Waals surface area contributed by atoms with Crippen LogP contribution in [0.3, 0.4) is 0 Å². The Morgan fingerprint density at radius 3 is 0.955 bits per heavy atom. The summed E-state index contributed by atoms with van der Waals surface area (Å²) in [6.45, 7) is 30.4. The van der Waals surface area contributed by atoms with Crippen LogP contribution in [-0.2, 0) is 0 Å². The van der Waals surface area contributed by atoms with E-state index in [2.05, 4.69) is 76.3 Å². The summed E-state index contributed by atoms with van der Waals surface area (Å²) in [5.41, 5.74) is 0. The van der Waals surface area contributed by atoms with E-state index < -0.39 is 16.1 Å². The average Bonchev–Trinajstić information content (AvgIpc) is 2.34. The molecule has 132 valence electrons. The van der Waals surface area contributed by atoms with Gasteiger partial charge >= 0.3 is 0 Å². The predicted molar refractivity (Wildman–Crippen MR) is 114 cm³/mol. The van der Waals surface area contributed by atoms with Crippen molar-refractivity contribution in [1.29, 1.82) is 0 Å². The predicted octanol–water partition coefficient (Wildman–Crippen LogP) is 5.88. The zero-order chi connectivity index (χ0) is 17.3. The van der Waals surface area contributed by atoms with Gasteiger partial charge in [0, 0.05) is 10.0 Å². The van der Waals surface area contributed by atoms with E-state index in [0.29, 0.717) is 0 Å². The lowest BCUT2D eigenvalue weighted by Gasteiger charge is -2.66. The third kappa shape index (κ3) is 4.24. The summed E-state index contributed by atoms with van der Waals surface area (Å²) in [6, 6.07) is 0. The van der Waals surface area contributed by atoms with Crippen LogP contribution in [0.25, 0.3) is 0 Å². The fraction of sp³-hybridized carbons (Fsp3) is 1.00. The zero-order valence-electron chi connectivity index (χ0n) is 16.8. The summed E-state index contributed by atoms with van der Waals surface area (Å²) in [4.78, 5) is 0. The molecule has 0 N–H and O–H groups in total. The lowest BCUT2D eigenvalue weighted by atomic mass is 10.7. The van der Waals surface area contributed by atoms with E-state index in [9.17, 15) is 0 Å². The van der Waals surface area contributed by atoms with Crippen LogP contribution in [0.2, 0.25) is 39.3 Å². The highest BCUT2D eigenvalue weighted by atomic mass is 31.2. The molecule has 1 heterocycles. The van der Waals surface area contributed by atoms with Crippen LogP contribution < -0.4 is 0 Å². The molecule has 0 bridgehead atoms. The van der Waals surface area contributed by atoms with Crippen LogP contribution in [0, 0.1) is 0 Å². The Morgan fingerprint density at radius 2 is 0.818 bits per heavy atom. The second-order valence-corrected chi connectivity index (χ2v) is 26.6. The van der Waals surface area contributed by atoms with Gasteiger partial charge in [-0.3, -0.25) is 9.34 Å². The van der Waals surface area contributed by atoms with E-state index in [1.165, 1.54) is 26.2 Å². The normalized spacial score (nSPS) is 30.0. The van der Waals surface area contributed by atoms with Crippen molar-refractivity contribution in [1.82, 2.24) is 9.34 Å². The smallest absolute Gasteiger partial charge is 0.0603 e. The highest BCUT2D eigenvalue weighted by Crippen LogP contribution is 2.85. The zero-order valence-corrected chi connectivity index (χ0v) is 20.6. The summed E-state index contributed by atoms with van der Waals surface area (Å²) < 4.78 is 5.76. The molecule has 1 aliphatic heterocycles. The first-order chi connectivity index (χ1) is 10.0. The number of nitrogens with zero attached hydrogens (tertiary/aromatic N) is 2. The minimum absolute atomic E-state index is 0.0963. The topological polar surface area (TPSA) is 6.48 Å². The minimum atomic E-state index is -1.11. The SMILES string of the molecule is CCN(CC)P1C([Si](C)(C)C)P(N(CC)CC)C1[Si](C)(C)C. The van der Waals surface area contributed by atoms with Crippen LogP contribution in [0.5, 0.6) is 0 Å². The highest BCUT2D eigenvalue weighted by Gasteiger charge is 2.62. The molecule has 1 fully saturated rings. The lowest BCUT2D eigenvalue weighted by Crippen LogP contribution is -2.59. The van der Waals surface area contributed by atoms with E-state index in [4.69, 9.17) is 0 Å². The Labute approximate surface area is 145 Å². The molecule has 0 radical (unpaired) electrons. The molecular weight excluding hydrogens is 338 g/mol. The molecule has 0 unspecified atom stereocenters. The van der Waals surface area contributed by atoms with Crippen molar-refractivity contribution in [3.8, 4) is 0 Å². The van der Waals surface area contributed by atoms with Crippen molar-refractivity contribution in [3.05, 3.63) is 0 Å². The molecule has 0 aromatic rings. The van der Waals surface area contributed by atoms with Gasteiger partial charge in [0.1, 0.15) is 0 Å². The summed E-state index contributed by atoms with van der Waals surface area (Å²) >= 11 is 0. The fourth-order valence-corrected chi connectivity index (χ4v) is 30.0. The van der Waals surface area contributed by atoms with E-state index in [1.54, 1.807) is 0 Å². The quantitative estimate of drug-likeness (QED) is 0.384. The van der Waals surface area contributed by atoms with E-state index >= 15 is 0 Å². The van der Waals surface area contributed by atoms with Crippen LogP contribution in [0.15, 0.2) is 0 Å². The summed E-state index contributed by atoms with van der Waals surface area (Å²) in [7, 11) is -2.04. The van der Waals surface area contributed by atoms with Crippen LogP contribution in [0.4, 0.5) is 0 Å². The van der Waals surface area contributed by atoms with Gasteiger partial charge < -0.3 is 0 Å². The molecule has 6 heteroatoms. The van der Waals surface area contributed by atoms with Gasteiger partial charge in [-0.25, -0.2) is 0 Å². The molecule has 2 nitrogen and oxygen atoms in total. The monoisotopic (exact) mass is 378 g/mol. The number of hydrogen-bond donors (Lipinski definition) is 0. The minimum Gasteiger partial charge on any atom is -0.282 e. The maximum absolute atomic E-state index is 2.88. The Kier molecular flexibility index (Phi) is 7.79. The van der Waals surface area contributed by atoms with Crippen molar-refractivity contribution in [3.63, 3.8) is 0 Å². The molecule has 0 aromatic carbocycles. The van der Waals surface area contributed by atoms with Crippen molar-refractivity contribution < 1.29 is 0 Å². The lowest BCUT2D eigenvalue weighted by molar-refractivity contribution is 0.486. The van der Waals surface area contributed by atoms with Gasteiger partial charge in [-0.1, -0.05) is 67.0 Å². The average molecular weight is 379 g/mol. The molecule has 1 aliphatic rings. The van der Waals surface area contributed by atoms with Gasteiger partial charge in [-0.2, -0.15) is 0 Å². The second-order valence-electron chi connectivity index (χ2n) is 8.52. The largest absolute Gasteiger partial charge is 0.282 e. The maximum atomic E-state index is 2.88. The summed E-state index contributed by atoms with van der Waals surface area (Å²) in [5, 5.41) is 2.13. The molecule has 1 rings (SSSR count). The van der Waals surface area contributed by atoms with Crippen molar-refractivity contribution in [2.45, 2.75) is 77.0 Å². The first-order valence-corrected chi connectivity index (χ1v) is 19.1. The third-order valence-corrected chi connectivity index (χ3v) is 27.5. The maximum Gasteiger partial charge on any atom is 0.0603 e. The van der Waals surface area contributed by atoms with E-state index in [1.807, 2.05) is 0 Å². The first kappa shape index (κ1) is 21.3. The summed E-state index contributed by atoms with van der Waals surface area (Å²) in [5.74, 6) is 0. The van der Waals surface area contributed by atoms with E-state index in [0.717, 1.165) is 10.0 Å². The molecule has 0 atom stereocenters.